The zero-order valence-electron chi connectivity index (χ0n) is 18.0. The van der Waals surface area contributed by atoms with Gasteiger partial charge in [0.25, 0.3) is 11.6 Å². The van der Waals surface area contributed by atoms with Crippen molar-refractivity contribution >= 4 is 23.3 Å². The Morgan fingerprint density at radius 2 is 1.90 bits per heavy atom. The van der Waals surface area contributed by atoms with Gasteiger partial charge in [-0.05, 0) is 44.7 Å². The summed E-state index contributed by atoms with van der Waals surface area (Å²) in [6, 6.07) is 5.79. The summed E-state index contributed by atoms with van der Waals surface area (Å²) in [5.41, 5.74) is 2.73. The van der Waals surface area contributed by atoms with Crippen molar-refractivity contribution in [3.05, 3.63) is 51.3 Å². The maximum Gasteiger partial charge on any atom is 0.306 e. The van der Waals surface area contributed by atoms with Gasteiger partial charge < -0.3 is 10.1 Å². The number of carbonyl (C=O) groups excluding carboxylic acids is 2. The van der Waals surface area contributed by atoms with E-state index >= 15 is 0 Å². The van der Waals surface area contributed by atoms with Crippen molar-refractivity contribution in [1.29, 1.82) is 0 Å². The average Bonchev–Trinajstić information content (AvgIpc) is 2.92. The third-order valence-corrected chi connectivity index (χ3v) is 4.68. The molecule has 1 aromatic heterocycles. The second-order valence-corrected chi connectivity index (χ2v) is 7.62. The van der Waals surface area contributed by atoms with Crippen LogP contribution < -0.4 is 5.32 Å². The van der Waals surface area contributed by atoms with E-state index in [-0.39, 0.29) is 17.8 Å². The van der Waals surface area contributed by atoms with E-state index in [9.17, 15) is 19.7 Å². The Labute approximate surface area is 175 Å². The molecule has 0 aliphatic carbocycles. The second-order valence-electron chi connectivity index (χ2n) is 7.62. The Bertz CT molecular complexity index is 935. The highest BCUT2D eigenvalue weighted by atomic mass is 16.6. The van der Waals surface area contributed by atoms with Gasteiger partial charge in [0.2, 0.25) is 0 Å². The molecule has 0 aliphatic rings. The first kappa shape index (κ1) is 23.1. The Morgan fingerprint density at radius 3 is 2.53 bits per heavy atom. The number of nitrogens with one attached hydrogen (secondary N) is 1. The number of hydrogen-bond acceptors (Lipinski definition) is 6. The first-order chi connectivity index (χ1) is 14.1. The summed E-state index contributed by atoms with van der Waals surface area (Å²) < 4.78 is 7.16. The van der Waals surface area contributed by atoms with Gasteiger partial charge in [-0.3, -0.25) is 24.4 Å². The molecule has 30 heavy (non-hydrogen) atoms. The molecule has 0 bridgehead atoms. The molecular formula is C21H28N4O5. The first-order valence-electron chi connectivity index (χ1n) is 9.86. The van der Waals surface area contributed by atoms with Gasteiger partial charge in [0, 0.05) is 24.7 Å². The Morgan fingerprint density at radius 1 is 1.23 bits per heavy atom. The van der Waals surface area contributed by atoms with Crippen LogP contribution in [0.15, 0.2) is 24.3 Å². The normalized spacial score (nSPS) is 11.9. The molecule has 0 spiro atoms. The van der Waals surface area contributed by atoms with Gasteiger partial charge in [-0.2, -0.15) is 5.10 Å². The van der Waals surface area contributed by atoms with Gasteiger partial charge in [0.1, 0.15) is 5.69 Å². The Kier molecular flexibility index (Phi) is 7.68. The van der Waals surface area contributed by atoms with Crippen molar-refractivity contribution in [2.24, 2.45) is 5.92 Å². The fraction of sp³-hybridized carbons (Fsp3) is 0.476. The molecule has 0 saturated heterocycles. The summed E-state index contributed by atoms with van der Waals surface area (Å²) in [6.07, 6.45) is -0.506. The van der Waals surface area contributed by atoms with Crippen LogP contribution in [0.3, 0.4) is 0 Å². The molecule has 0 aliphatic heterocycles. The van der Waals surface area contributed by atoms with E-state index in [1.54, 1.807) is 6.07 Å². The van der Waals surface area contributed by atoms with E-state index in [1.165, 1.54) is 25.1 Å². The summed E-state index contributed by atoms with van der Waals surface area (Å²) in [6.45, 7) is 10.4. The van der Waals surface area contributed by atoms with Crippen molar-refractivity contribution in [1.82, 2.24) is 9.78 Å². The molecule has 0 saturated carbocycles. The lowest BCUT2D eigenvalue weighted by molar-refractivity contribution is -0.383. The number of nitro benzene ring substituents is 1. The van der Waals surface area contributed by atoms with E-state index in [1.807, 2.05) is 18.5 Å². The number of carbonyl (C=O) groups is 2. The largest absolute Gasteiger partial charge is 0.453 e. The molecule has 2 rings (SSSR count). The number of aromatic nitrogens is 2. The lowest BCUT2D eigenvalue weighted by Gasteiger charge is -2.14. The number of nitrogens with zero attached hydrogens (tertiary/aromatic N) is 3. The highest BCUT2D eigenvalue weighted by Crippen LogP contribution is 2.23. The molecule has 1 unspecified atom stereocenters. The molecule has 1 aromatic carbocycles. The number of nitro groups is 1. The zero-order valence-corrected chi connectivity index (χ0v) is 18.0. The van der Waals surface area contributed by atoms with Crippen LogP contribution in [-0.2, 0) is 27.3 Å². The highest BCUT2D eigenvalue weighted by molar-refractivity contribution is 5.96. The van der Waals surface area contributed by atoms with Crippen LogP contribution in [-0.4, -0.2) is 32.7 Å². The molecule has 0 fully saturated rings. The maximum absolute atomic E-state index is 12.3. The number of para-hydroxylation sites is 2. The van der Waals surface area contributed by atoms with E-state index in [0.29, 0.717) is 12.3 Å². The summed E-state index contributed by atoms with van der Waals surface area (Å²) in [4.78, 5) is 35.0. The standard InChI is InChI=1S/C21H28N4O5/c1-13(2)12-24-15(4)17(14(3)23-24)10-11-20(26)30-16(5)21(27)22-18-8-6-7-9-19(18)25(28)29/h6-9,13,16H,10-12H2,1-5H3,(H,22,27). The zero-order chi connectivity index (χ0) is 22.4. The van der Waals surface area contributed by atoms with Gasteiger partial charge in [-0.15, -0.1) is 0 Å². The van der Waals surface area contributed by atoms with E-state index < -0.39 is 22.9 Å². The molecule has 9 nitrogen and oxygen atoms in total. The van der Waals surface area contributed by atoms with Gasteiger partial charge in [-0.25, -0.2) is 0 Å². The van der Waals surface area contributed by atoms with Crippen LogP contribution in [0.5, 0.6) is 0 Å². The predicted octanol–water partition coefficient (Wildman–Crippen LogP) is 3.57. The van der Waals surface area contributed by atoms with E-state index in [0.717, 1.165) is 23.5 Å². The molecule has 1 amide bonds. The third kappa shape index (κ3) is 5.88. The number of anilines is 1. The summed E-state index contributed by atoms with van der Waals surface area (Å²) in [5, 5.41) is 18.0. The van der Waals surface area contributed by atoms with Crippen molar-refractivity contribution < 1.29 is 19.2 Å². The SMILES string of the molecule is Cc1nn(CC(C)C)c(C)c1CCC(=O)OC(C)C(=O)Nc1ccccc1[N+](=O)[O-]. The number of esters is 1. The van der Waals surface area contributed by atoms with Crippen LogP contribution in [0, 0.1) is 29.9 Å². The predicted molar refractivity (Wildman–Crippen MR) is 112 cm³/mol. The van der Waals surface area contributed by atoms with Crippen LogP contribution in [0.4, 0.5) is 11.4 Å². The average molecular weight is 416 g/mol. The van der Waals surface area contributed by atoms with Crippen LogP contribution >= 0.6 is 0 Å². The van der Waals surface area contributed by atoms with Gasteiger partial charge in [0.05, 0.1) is 10.6 Å². The fourth-order valence-corrected chi connectivity index (χ4v) is 3.13. The quantitative estimate of drug-likeness (QED) is 0.379. The minimum atomic E-state index is -1.08. The molecule has 1 heterocycles. The summed E-state index contributed by atoms with van der Waals surface area (Å²) in [7, 11) is 0. The van der Waals surface area contributed by atoms with E-state index in [2.05, 4.69) is 24.3 Å². The van der Waals surface area contributed by atoms with Crippen molar-refractivity contribution in [2.75, 3.05) is 5.32 Å². The molecule has 0 radical (unpaired) electrons. The summed E-state index contributed by atoms with van der Waals surface area (Å²) >= 11 is 0. The number of hydrogen-bond donors (Lipinski definition) is 1. The first-order valence-corrected chi connectivity index (χ1v) is 9.86. The van der Waals surface area contributed by atoms with E-state index in [4.69, 9.17) is 4.74 Å². The van der Waals surface area contributed by atoms with Crippen molar-refractivity contribution in [3.8, 4) is 0 Å². The number of rotatable bonds is 9. The fourth-order valence-electron chi connectivity index (χ4n) is 3.13. The smallest absolute Gasteiger partial charge is 0.306 e. The van der Waals surface area contributed by atoms with Gasteiger partial charge in [-0.1, -0.05) is 26.0 Å². The molecule has 2 aromatic rings. The van der Waals surface area contributed by atoms with Gasteiger partial charge in [0.15, 0.2) is 6.10 Å². The van der Waals surface area contributed by atoms with Gasteiger partial charge >= 0.3 is 5.97 Å². The molecular weight excluding hydrogens is 388 g/mol. The second kappa shape index (κ2) is 10.00. The molecule has 1 atom stereocenters. The minimum absolute atomic E-state index is 0.0548. The monoisotopic (exact) mass is 416 g/mol. The number of ether oxygens (including phenoxy) is 1. The van der Waals surface area contributed by atoms with Crippen molar-refractivity contribution in [2.45, 2.75) is 60.1 Å². The Hall–Kier alpha value is -3.23. The molecule has 162 valence electrons. The lowest BCUT2D eigenvalue weighted by atomic mass is 10.1. The molecule has 1 N–H and O–H groups in total. The van der Waals surface area contributed by atoms with Crippen molar-refractivity contribution in [3.63, 3.8) is 0 Å². The van der Waals surface area contributed by atoms with Crippen LogP contribution in [0.1, 0.15) is 44.1 Å². The molecule has 9 heteroatoms. The Balaban J connectivity index is 1.93. The number of benzene rings is 1. The lowest BCUT2D eigenvalue weighted by Crippen LogP contribution is -2.30. The minimum Gasteiger partial charge on any atom is -0.453 e. The number of amides is 1. The topological polar surface area (TPSA) is 116 Å². The van der Waals surface area contributed by atoms with Crippen LogP contribution in [0.2, 0.25) is 0 Å². The summed E-state index contributed by atoms with van der Waals surface area (Å²) in [5.74, 6) is -0.689. The maximum atomic E-state index is 12.3. The van der Waals surface area contributed by atoms with Crippen LogP contribution in [0.25, 0.3) is 0 Å². The highest BCUT2D eigenvalue weighted by Gasteiger charge is 2.22. The number of aryl methyl sites for hydroxylation is 1. The third-order valence-electron chi connectivity index (χ3n) is 4.68.